The Morgan fingerprint density at radius 2 is 0.562 bits per heavy atom. The summed E-state index contributed by atoms with van der Waals surface area (Å²) in [6.45, 7) is -0.763. The van der Waals surface area contributed by atoms with Crippen molar-refractivity contribution < 1.29 is 127 Å². The molecule has 0 aliphatic carbocycles. The summed E-state index contributed by atoms with van der Waals surface area (Å²) in [5.41, 5.74) is 0. The predicted molar refractivity (Wildman–Crippen MR) is 99.9 cm³/mol. The fourth-order valence-electron chi connectivity index (χ4n) is 2.63. The first kappa shape index (κ1) is 48.4. The summed E-state index contributed by atoms with van der Waals surface area (Å²) >= 11 is 0. The average Bonchev–Trinajstić information content (AvgIpc) is 2.85. The first-order valence-corrected chi connectivity index (χ1v) is 11.9. The van der Waals surface area contributed by atoms with E-state index in [1.807, 2.05) is 0 Å². The second-order valence-corrected chi connectivity index (χ2v) is 10.5. The number of alkyl halides is 27. The molecule has 0 saturated heterocycles. The highest BCUT2D eigenvalue weighted by atomic mass is 35.5. The Balaban J connectivity index is 0. The maximum absolute atomic E-state index is 13.8. The smallest absolute Gasteiger partial charge is 0.210 e. The molecule has 32 heteroatoms. The summed E-state index contributed by atoms with van der Waals surface area (Å²) in [7, 11) is -7.57. The molecule has 0 bridgehead atoms. The highest BCUT2D eigenvalue weighted by molar-refractivity contribution is 7.90. The zero-order valence-electron chi connectivity index (χ0n) is 21.3. The van der Waals surface area contributed by atoms with E-state index >= 15 is 0 Å². The molecule has 0 spiro atoms. The van der Waals surface area contributed by atoms with E-state index in [0.29, 0.717) is 0 Å². The van der Waals surface area contributed by atoms with E-state index in [1.165, 1.54) is 0 Å². The summed E-state index contributed by atoms with van der Waals surface area (Å²) in [4.78, 5) is 0. The van der Waals surface area contributed by atoms with Crippen molar-refractivity contribution in [2.24, 2.45) is 0 Å². The van der Waals surface area contributed by atoms with Gasteiger partial charge in [0, 0.05) is 6.54 Å². The predicted octanol–water partition coefficient (Wildman–Crippen LogP) is 8.88. The van der Waals surface area contributed by atoms with Crippen molar-refractivity contribution in [3.63, 3.8) is 0 Å². The van der Waals surface area contributed by atoms with Crippen molar-refractivity contribution in [1.29, 1.82) is 0 Å². The van der Waals surface area contributed by atoms with Crippen LogP contribution in [0.4, 0.5) is 119 Å². The van der Waals surface area contributed by atoms with Gasteiger partial charge in [0.1, 0.15) is 0 Å². The van der Waals surface area contributed by atoms with Crippen LogP contribution in [-0.2, 0) is 10.0 Å². The van der Waals surface area contributed by atoms with E-state index in [0.717, 1.165) is 6.92 Å². The monoisotopic (exact) mass is 827 g/mol. The van der Waals surface area contributed by atoms with Crippen molar-refractivity contribution in [2.45, 2.75) is 89.9 Å². The van der Waals surface area contributed by atoms with Gasteiger partial charge in [-0.25, -0.2) is 13.1 Å². The number of hydrogen-bond acceptors (Lipinski definition) is 2. The van der Waals surface area contributed by atoms with E-state index < -0.39 is 99.6 Å². The Labute approximate surface area is 251 Å². The summed E-state index contributed by atoms with van der Waals surface area (Å²) in [6.07, 6.45) is -9.05. The lowest BCUT2D eigenvalue weighted by atomic mass is 9.84. The minimum absolute atomic E-state index is 0. The number of nitrogens with one attached hydrogen (secondary N) is 1. The van der Waals surface area contributed by atoms with Crippen LogP contribution >= 0.6 is 12.4 Å². The number of rotatable bonds is 15. The van der Waals surface area contributed by atoms with Crippen molar-refractivity contribution >= 4 is 22.4 Å². The van der Waals surface area contributed by atoms with Crippen LogP contribution in [0, 0.1) is 0 Å². The van der Waals surface area contributed by atoms with Gasteiger partial charge in [-0.15, -0.1) is 12.4 Å². The van der Waals surface area contributed by atoms with Gasteiger partial charge in [0.15, 0.2) is 0 Å². The Kier molecular flexibility index (Phi) is 12.3. The maximum Gasteiger partial charge on any atom is 0.460 e. The SMILES string of the molecule is CCCNS(=O)(=O)C(F)(F)C(F)(F)C(F)(F)C(F)(F)C(F)(F)C(F)(F)C(F)(F)C(F)(F)C(F)(F)C(F)(F)C(F)(F)C(F)(F)C(F)(F)F.Cl. The van der Waals surface area contributed by atoms with Crippen LogP contribution in [0.2, 0.25) is 0 Å². The van der Waals surface area contributed by atoms with Crippen LogP contribution in [-0.4, -0.2) is 91.5 Å². The summed E-state index contributed by atoms with van der Waals surface area (Å²) in [5.74, 6) is -104. The van der Waals surface area contributed by atoms with Gasteiger partial charge in [0.05, 0.1) is 0 Å². The van der Waals surface area contributed by atoms with Gasteiger partial charge in [0.2, 0.25) is 0 Å². The molecule has 0 heterocycles. The molecule has 1 N–H and O–H groups in total. The zero-order chi connectivity index (χ0) is 39.1. The molecule has 0 rings (SSSR count). The molecule has 0 saturated carbocycles. The van der Waals surface area contributed by atoms with Crippen LogP contribution in [0.5, 0.6) is 0 Å². The van der Waals surface area contributed by atoms with Crippen molar-refractivity contribution in [3.05, 3.63) is 0 Å². The summed E-state index contributed by atoms with van der Waals surface area (Å²) < 4.78 is 384. The molecule has 0 aromatic rings. The Morgan fingerprint density at radius 3 is 0.750 bits per heavy atom. The summed E-state index contributed by atoms with van der Waals surface area (Å²) in [5, 5.41) is -7.94. The normalized spacial score (nSPS) is 16.6. The third kappa shape index (κ3) is 5.74. The van der Waals surface area contributed by atoms with E-state index in [9.17, 15) is 127 Å². The Hall–Kier alpha value is -1.69. The number of hydrogen-bond donors (Lipinski definition) is 1. The Bertz CT molecular complexity index is 1250. The van der Waals surface area contributed by atoms with E-state index in [-0.39, 0.29) is 17.1 Å². The highest BCUT2D eigenvalue weighted by Gasteiger charge is 3.00. The first-order chi connectivity index (χ1) is 19.8. The van der Waals surface area contributed by atoms with Gasteiger partial charge in [-0.3, -0.25) is 0 Å². The fourth-order valence-corrected chi connectivity index (χ4v) is 3.75. The van der Waals surface area contributed by atoms with Gasteiger partial charge < -0.3 is 0 Å². The van der Waals surface area contributed by atoms with Crippen LogP contribution < -0.4 is 4.72 Å². The Morgan fingerprint density at radius 1 is 0.375 bits per heavy atom. The van der Waals surface area contributed by atoms with Gasteiger partial charge in [-0.1, -0.05) is 6.92 Å². The third-order valence-electron chi connectivity index (χ3n) is 5.54. The fraction of sp³-hybridized carbons (Fsp3) is 1.00. The molecule has 0 atom stereocenters. The molecular weight excluding hydrogens is 819 g/mol. The lowest BCUT2D eigenvalue weighted by Gasteiger charge is -2.46. The van der Waals surface area contributed by atoms with E-state index in [2.05, 4.69) is 0 Å². The standard InChI is InChI=1S/C16H8F27NO2S.ClH/c1-2-3-44-47(45,46)16(42,43)14(37,38)12(33,34)10(29,30)8(25,26)6(21,22)4(17,18)5(19,20)7(23,24)9(27,28)11(31,32)13(35,36)15(39,40)41;/h44H,2-3H2,1H3;1H. The highest BCUT2D eigenvalue weighted by Crippen LogP contribution is 2.68. The molecule has 0 amide bonds. The number of sulfonamides is 1. The van der Waals surface area contributed by atoms with Crippen LogP contribution in [0.3, 0.4) is 0 Å². The summed E-state index contributed by atoms with van der Waals surface area (Å²) in [6, 6.07) is 0. The topological polar surface area (TPSA) is 46.2 Å². The molecule has 3 nitrogen and oxygen atoms in total. The first-order valence-electron chi connectivity index (χ1n) is 10.4. The van der Waals surface area contributed by atoms with Crippen LogP contribution in [0.15, 0.2) is 0 Å². The molecular formula is C16H9ClF27NO2S. The van der Waals surface area contributed by atoms with E-state index in [1.54, 1.807) is 0 Å². The largest absolute Gasteiger partial charge is 0.460 e. The quantitative estimate of drug-likeness (QED) is 0.168. The zero-order valence-corrected chi connectivity index (χ0v) is 22.9. The average molecular weight is 828 g/mol. The van der Waals surface area contributed by atoms with Gasteiger partial charge in [-0.2, -0.15) is 119 Å². The lowest BCUT2D eigenvalue weighted by Crippen LogP contribution is -2.79. The van der Waals surface area contributed by atoms with Crippen LogP contribution in [0.25, 0.3) is 0 Å². The molecule has 0 aromatic heterocycles. The molecule has 0 radical (unpaired) electrons. The second-order valence-electron chi connectivity index (χ2n) is 8.73. The molecule has 0 aliphatic rings. The third-order valence-corrected chi connectivity index (χ3v) is 7.06. The minimum Gasteiger partial charge on any atom is -0.210 e. The molecule has 0 unspecified atom stereocenters. The maximum atomic E-state index is 13.8. The van der Waals surface area contributed by atoms with Crippen molar-refractivity contribution in [1.82, 2.24) is 4.72 Å². The number of halogens is 28. The molecule has 0 aromatic carbocycles. The van der Waals surface area contributed by atoms with Gasteiger partial charge in [-0.05, 0) is 6.42 Å². The van der Waals surface area contributed by atoms with Gasteiger partial charge in [0.25, 0.3) is 10.0 Å². The minimum atomic E-state index is -9.88. The van der Waals surface area contributed by atoms with E-state index in [4.69, 9.17) is 0 Å². The molecule has 0 aliphatic heterocycles. The van der Waals surface area contributed by atoms with Crippen molar-refractivity contribution in [2.75, 3.05) is 6.54 Å². The van der Waals surface area contributed by atoms with Crippen molar-refractivity contribution in [3.8, 4) is 0 Å². The lowest BCUT2D eigenvalue weighted by molar-refractivity contribution is -0.483. The molecule has 292 valence electrons. The molecule has 48 heavy (non-hydrogen) atoms. The molecule has 0 fully saturated rings. The second kappa shape index (κ2) is 12.2. The van der Waals surface area contributed by atoms with Crippen LogP contribution in [0.1, 0.15) is 13.3 Å². The van der Waals surface area contributed by atoms with Gasteiger partial charge >= 0.3 is 76.6 Å².